The van der Waals surface area contributed by atoms with Crippen molar-refractivity contribution < 1.29 is 9.90 Å². The van der Waals surface area contributed by atoms with E-state index in [0.29, 0.717) is 16.7 Å². The lowest BCUT2D eigenvalue weighted by Crippen LogP contribution is -2.44. The number of aromatic amines is 1. The van der Waals surface area contributed by atoms with Crippen molar-refractivity contribution in [3.63, 3.8) is 0 Å². The third-order valence-electron chi connectivity index (χ3n) is 4.80. The largest absolute Gasteiger partial charge is 0.388 e. The van der Waals surface area contributed by atoms with Gasteiger partial charge in [-0.2, -0.15) is 0 Å². The molecule has 2 aromatic heterocycles. The monoisotopic (exact) mass is 334 g/mol. The number of aliphatic hydroxyl groups is 1. The van der Waals surface area contributed by atoms with Crippen molar-refractivity contribution in [1.82, 2.24) is 20.1 Å². The van der Waals surface area contributed by atoms with Crippen LogP contribution in [0.1, 0.15) is 37.6 Å². The van der Waals surface area contributed by atoms with Crippen molar-refractivity contribution in [1.29, 1.82) is 0 Å². The van der Waals surface area contributed by atoms with Gasteiger partial charge in [-0.25, -0.2) is 4.98 Å². The van der Waals surface area contributed by atoms with Gasteiger partial charge >= 0.3 is 0 Å². The minimum atomic E-state index is -0.960. The molecule has 0 fully saturated rings. The van der Waals surface area contributed by atoms with E-state index in [2.05, 4.69) is 15.4 Å². The highest BCUT2D eigenvalue weighted by Crippen LogP contribution is 2.20. The molecule has 3 N–H and O–H groups in total. The normalized spacial score (nSPS) is 14.2. The van der Waals surface area contributed by atoms with Gasteiger partial charge in [0.05, 0.1) is 17.4 Å². The second-order valence-electron chi connectivity index (χ2n) is 6.97. The first-order chi connectivity index (χ1) is 11.0. The summed E-state index contributed by atoms with van der Waals surface area (Å²) < 4.78 is 1.38. The Morgan fingerprint density at radius 1 is 1.42 bits per heavy atom. The van der Waals surface area contributed by atoms with Crippen LogP contribution in [0.25, 0.3) is 11.0 Å². The van der Waals surface area contributed by atoms with Crippen molar-refractivity contribution in [3.05, 3.63) is 27.2 Å². The van der Waals surface area contributed by atoms with E-state index in [1.165, 1.54) is 4.68 Å². The topological polar surface area (TPSA) is 100 Å². The molecular weight excluding hydrogens is 308 g/mol. The van der Waals surface area contributed by atoms with Crippen LogP contribution in [0, 0.1) is 19.8 Å². The zero-order valence-electron chi connectivity index (χ0n) is 15.1. The molecule has 0 aliphatic rings. The minimum absolute atomic E-state index is 0.0298. The van der Waals surface area contributed by atoms with E-state index in [1.807, 2.05) is 27.7 Å². The molecule has 132 valence electrons. The first-order valence-corrected chi connectivity index (χ1v) is 8.08. The molecule has 0 aliphatic carbocycles. The smallest absolute Gasteiger partial charge is 0.276 e. The Labute approximate surface area is 141 Å². The Morgan fingerprint density at radius 3 is 2.62 bits per heavy atom. The highest BCUT2D eigenvalue weighted by atomic mass is 16.3. The van der Waals surface area contributed by atoms with Crippen LogP contribution in [0.15, 0.2) is 4.79 Å². The maximum absolute atomic E-state index is 12.3. The first-order valence-electron chi connectivity index (χ1n) is 8.08. The molecule has 1 atom stereocenters. The third-order valence-corrected chi connectivity index (χ3v) is 4.80. The quantitative estimate of drug-likeness (QED) is 0.758. The Bertz CT molecular complexity index is 830. The summed E-state index contributed by atoms with van der Waals surface area (Å²) in [5.41, 5.74) is 1.65. The molecule has 1 amide bonds. The number of fused-ring (bicyclic) bond motifs is 1. The molecule has 0 radical (unpaired) electrons. The molecule has 24 heavy (non-hydrogen) atoms. The molecule has 2 aromatic rings. The van der Waals surface area contributed by atoms with Crippen LogP contribution in [0.3, 0.4) is 0 Å². The predicted molar refractivity (Wildman–Crippen MR) is 93.0 cm³/mol. The third kappa shape index (κ3) is 3.36. The maximum Gasteiger partial charge on any atom is 0.276 e. The summed E-state index contributed by atoms with van der Waals surface area (Å²) in [6, 6.07) is 0. The van der Waals surface area contributed by atoms with Gasteiger partial charge in [-0.15, -0.1) is 0 Å². The number of rotatable bonds is 5. The summed E-state index contributed by atoms with van der Waals surface area (Å²) in [4.78, 5) is 28.9. The second kappa shape index (κ2) is 6.39. The number of carbonyl (C=O) groups excluding carboxylic acids is 1. The van der Waals surface area contributed by atoms with Crippen LogP contribution in [0.5, 0.6) is 0 Å². The van der Waals surface area contributed by atoms with Gasteiger partial charge in [0.25, 0.3) is 5.56 Å². The predicted octanol–water partition coefficient (Wildman–Crippen LogP) is 0.944. The zero-order valence-corrected chi connectivity index (χ0v) is 15.1. The van der Waals surface area contributed by atoms with E-state index < -0.39 is 5.60 Å². The number of pyridine rings is 1. The molecule has 7 heteroatoms. The average molecular weight is 334 g/mol. The number of aryl methyl sites for hydroxylation is 3. The molecule has 2 heterocycles. The number of hydrogen-bond donors (Lipinski definition) is 3. The minimum Gasteiger partial charge on any atom is -0.388 e. The van der Waals surface area contributed by atoms with Gasteiger partial charge in [0.1, 0.15) is 0 Å². The first kappa shape index (κ1) is 18.2. The molecule has 2 rings (SSSR count). The maximum atomic E-state index is 12.3. The number of nitrogens with zero attached hydrogens (tertiary/aromatic N) is 2. The summed E-state index contributed by atoms with van der Waals surface area (Å²) in [7, 11) is 1.64. The molecule has 0 bridgehead atoms. The Hall–Kier alpha value is -2.15. The summed E-state index contributed by atoms with van der Waals surface area (Å²) in [5.74, 6) is -0.169. The Balaban J connectivity index is 2.25. The fraction of sp³-hybridized carbons (Fsp3) is 0.588. The standard InChI is InChI=1S/C17H26N4O3/c1-9(2)17(5,24)8-18-13(22)7-12-10(3)14-15(19-11(12)4)20-21(6)16(14)23/h9,24H,7-8H2,1-6H3,(H,18,22)(H,19,20). The molecular formula is C17H26N4O3. The highest BCUT2D eigenvalue weighted by molar-refractivity contribution is 5.84. The number of carbonyl (C=O) groups is 1. The van der Waals surface area contributed by atoms with E-state index in [4.69, 9.17) is 0 Å². The van der Waals surface area contributed by atoms with Gasteiger partial charge in [-0.3, -0.25) is 19.4 Å². The van der Waals surface area contributed by atoms with Crippen LogP contribution in [0.2, 0.25) is 0 Å². The van der Waals surface area contributed by atoms with E-state index in [1.54, 1.807) is 14.0 Å². The van der Waals surface area contributed by atoms with Crippen LogP contribution in [-0.2, 0) is 18.3 Å². The van der Waals surface area contributed by atoms with E-state index in [9.17, 15) is 14.7 Å². The molecule has 7 nitrogen and oxygen atoms in total. The van der Waals surface area contributed by atoms with E-state index >= 15 is 0 Å². The highest BCUT2D eigenvalue weighted by Gasteiger charge is 2.25. The lowest BCUT2D eigenvalue weighted by Gasteiger charge is -2.27. The number of H-pyrrole nitrogens is 1. The van der Waals surface area contributed by atoms with Crippen LogP contribution in [-0.4, -0.2) is 37.9 Å². The molecule has 0 spiro atoms. The number of amides is 1. The molecule has 0 aliphatic heterocycles. The summed E-state index contributed by atoms with van der Waals surface area (Å²) in [6.45, 7) is 9.35. The Morgan fingerprint density at radius 2 is 2.04 bits per heavy atom. The van der Waals surface area contributed by atoms with Crippen molar-refractivity contribution in [2.75, 3.05) is 6.54 Å². The van der Waals surface area contributed by atoms with Gasteiger partial charge in [0, 0.05) is 19.3 Å². The number of nitrogens with one attached hydrogen (secondary N) is 2. The number of hydrogen-bond acceptors (Lipinski definition) is 4. The van der Waals surface area contributed by atoms with E-state index in [-0.39, 0.29) is 30.3 Å². The van der Waals surface area contributed by atoms with E-state index in [0.717, 1.165) is 11.1 Å². The van der Waals surface area contributed by atoms with Crippen LogP contribution in [0.4, 0.5) is 0 Å². The zero-order chi connectivity index (χ0) is 18.2. The van der Waals surface area contributed by atoms with Gasteiger partial charge in [0.2, 0.25) is 5.91 Å². The molecule has 1 unspecified atom stereocenters. The molecule has 0 aromatic carbocycles. The fourth-order valence-corrected chi connectivity index (χ4v) is 2.58. The van der Waals surface area contributed by atoms with Gasteiger partial charge < -0.3 is 10.4 Å². The molecule has 0 saturated heterocycles. The van der Waals surface area contributed by atoms with Crippen LogP contribution < -0.4 is 10.9 Å². The average Bonchev–Trinajstić information content (AvgIpc) is 2.76. The van der Waals surface area contributed by atoms with Crippen molar-refractivity contribution in [2.24, 2.45) is 13.0 Å². The number of aromatic nitrogens is 3. The molecule has 0 saturated carbocycles. The lowest BCUT2D eigenvalue weighted by molar-refractivity contribution is -0.122. The Kier molecular flexibility index (Phi) is 4.85. The SMILES string of the molecule is Cc1nc2[nH]n(C)c(=O)c2c(C)c1CC(=O)NCC(C)(O)C(C)C. The lowest BCUT2D eigenvalue weighted by atomic mass is 9.92. The van der Waals surface area contributed by atoms with Crippen LogP contribution >= 0.6 is 0 Å². The van der Waals surface area contributed by atoms with Crippen molar-refractivity contribution in [3.8, 4) is 0 Å². The van der Waals surface area contributed by atoms with Gasteiger partial charge in [-0.1, -0.05) is 13.8 Å². The summed E-state index contributed by atoms with van der Waals surface area (Å²) in [6.07, 6.45) is 0.128. The fourth-order valence-electron chi connectivity index (χ4n) is 2.58. The van der Waals surface area contributed by atoms with Gasteiger partial charge in [0.15, 0.2) is 5.65 Å². The van der Waals surface area contributed by atoms with Crippen molar-refractivity contribution >= 4 is 16.9 Å². The summed E-state index contributed by atoms with van der Waals surface area (Å²) >= 11 is 0. The van der Waals surface area contributed by atoms with Gasteiger partial charge in [-0.05, 0) is 37.8 Å². The second-order valence-corrected chi connectivity index (χ2v) is 6.97. The van der Waals surface area contributed by atoms with Crippen molar-refractivity contribution in [2.45, 2.75) is 46.6 Å². The summed E-state index contributed by atoms with van der Waals surface area (Å²) in [5, 5.41) is 16.4.